The van der Waals surface area contributed by atoms with Crippen molar-refractivity contribution in [1.29, 1.82) is 0 Å². The van der Waals surface area contributed by atoms with Crippen molar-refractivity contribution in [2.24, 2.45) is 5.92 Å². The first kappa shape index (κ1) is 3.13. The third kappa shape index (κ3) is 0.416. The number of alkyl halides is 1. The van der Waals surface area contributed by atoms with Crippen molar-refractivity contribution in [1.82, 2.24) is 0 Å². The van der Waals surface area contributed by atoms with Crippen molar-refractivity contribution in [3.05, 3.63) is 0 Å². The Labute approximate surface area is 31.0 Å². The predicted octanol–water partition coefficient (Wildman–Crippen LogP) is 1.36. The maximum Gasteiger partial charge on any atom is 0.103 e. The first-order valence-electron chi connectivity index (χ1n) is 1.95. The third-order valence-electron chi connectivity index (χ3n) is 1.01. The summed E-state index contributed by atoms with van der Waals surface area (Å²) >= 11 is 0. The SMILES string of the molecule is C[C@@H]1CC1F. The van der Waals surface area contributed by atoms with Crippen molar-refractivity contribution in [2.75, 3.05) is 0 Å². The molecule has 0 saturated heterocycles. The average molecular weight is 74.1 g/mol. The summed E-state index contributed by atoms with van der Waals surface area (Å²) in [4.78, 5) is 0. The molecular weight excluding hydrogens is 67.0 g/mol. The van der Waals surface area contributed by atoms with E-state index in [4.69, 9.17) is 0 Å². The van der Waals surface area contributed by atoms with E-state index < -0.39 is 6.17 Å². The van der Waals surface area contributed by atoms with Gasteiger partial charge in [0.2, 0.25) is 0 Å². The molecule has 30 valence electrons. The van der Waals surface area contributed by atoms with Crippen LogP contribution in [-0.2, 0) is 0 Å². The summed E-state index contributed by atoms with van der Waals surface area (Å²) in [5, 5.41) is 0. The summed E-state index contributed by atoms with van der Waals surface area (Å²) in [6.07, 6.45) is 0.356. The molecule has 1 saturated carbocycles. The van der Waals surface area contributed by atoms with Crippen LogP contribution in [0.5, 0.6) is 0 Å². The van der Waals surface area contributed by atoms with Crippen LogP contribution in [0.2, 0.25) is 0 Å². The Kier molecular flexibility index (Phi) is 0.440. The van der Waals surface area contributed by atoms with Crippen molar-refractivity contribution >= 4 is 0 Å². The Bertz CT molecular complexity index is 36.9. The van der Waals surface area contributed by atoms with Crippen LogP contribution in [0.3, 0.4) is 0 Å². The van der Waals surface area contributed by atoms with Gasteiger partial charge < -0.3 is 0 Å². The van der Waals surface area contributed by atoms with E-state index >= 15 is 0 Å². The van der Waals surface area contributed by atoms with Gasteiger partial charge in [-0.05, 0) is 12.3 Å². The van der Waals surface area contributed by atoms with E-state index in [-0.39, 0.29) is 0 Å². The molecule has 0 aliphatic heterocycles. The Hall–Kier alpha value is -0.0700. The fourth-order valence-corrected chi connectivity index (χ4v) is 0.277. The van der Waals surface area contributed by atoms with E-state index in [1.165, 1.54) is 0 Å². The first-order chi connectivity index (χ1) is 2.30. The van der Waals surface area contributed by atoms with E-state index in [2.05, 4.69) is 0 Å². The molecule has 0 amide bonds. The molecule has 0 aromatic heterocycles. The van der Waals surface area contributed by atoms with Gasteiger partial charge >= 0.3 is 0 Å². The lowest BCUT2D eigenvalue weighted by Crippen LogP contribution is -1.63. The lowest BCUT2D eigenvalue weighted by Gasteiger charge is -1.63. The van der Waals surface area contributed by atoms with E-state index in [1.54, 1.807) is 0 Å². The van der Waals surface area contributed by atoms with E-state index in [1.807, 2.05) is 6.92 Å². The van der Waals surface area contributed by atoms with Crippen LogP contribution in [0, 0.1) is 5.92 Å². The van der Waals surface area contributed by atoms with E-state index in [9.17, 15) is 4.39 Å². The van der Waals surface area contributed by atoms with E-state index in [0.717, 1.165) is 6.42 Å². The molecule has 2 atom stereocenters. The van der Waals surface area contributed by atoms with E-state index in [0.29, 0.717) is 5.92 Å². The largest absolute Gasteiger partial charge is 0.247 e. The first-order valence-corrected chi connectivity index (χ1v) is 1.95. The maximum absolute atomic E-state index is 11.5. The highest BCUT2D eigenvalue weighted by Crippen LogP contribution is 2.32. The highest BCUT2D eigenvalue weighted by molar-refractivity contribution is 4.81. The zero-order chi connectivity index (χ0) is 3.86. The molecule has 0 spiro atoms. The number of hydrogen-bond acceptors (Lipinski definition) is 0. The quantitative estimate of drug-likeness (QED) is 0.407. The Balaban J connectivity index is 2.20. The van der Waals surface area contributed by atoms with Gasteiger partial charge in [-0.3, -0.25) is 0 Å². The minimum Gasteiger partial charge on any atom is -0.247 e. The Morgan fingerprint density at radius 2 is 2.00 bits per heavy atom. The lowest BCUT2D eigenvalue weighted by molar-refractivity contribution is 0.454. The molecule has 1 aliphatic carbocycles. The van der Waals surface area contributed by atoms with Crippen LogP contribution in [0.4, 0.5) is 4.39 Å². The van der Waals surface area contributed by atoms with Gasteiger partial charge in [0.1, 0.15) is 6.17 Å². The molecule has 0 nitrogen and oxygen atoms in total. The molecule has 0 aromatic carbocycles. The van der Waals surface area contributed by atoms with Gasteiger partial charge in [0, 0.05) is 0 Å². The number of rotatable bonds is 0. The molecule has 0 bridgehead atoms. The second-order valence-electron chi connectivity index (χ2n) is 1.73. The van der Waals surface area contributed by atoms with Gasteiger partial charge in [0.25, 0.3) is 0 Å². The Morgan fingerprint density at radius 1 is 1.80 bits per heavy atom. The fraction of sp³-hybridized carbons (Fsp3) is 1.00. The molecule has 0 N–H and O–H groups in total. The number of hydrogen-bond donors (Lipinski definition) is 0. The summed E-state index contributed by atoms with van der Waals surface area (Å²) in [6, 6.07) is 0. The molecule has 0 radical (unpaired) electrons. The molecule has 1 aliphatic rings. The number of halogens is 1. The smallest absolute Gasteiger partial charge is 0.103 e. The second kappa shape index (κ2) is 0.703. The molecule has 0 aromatic rings. The van der Waals surface area contributed by atoms with Gasteiger partial charge in [0.05, 0.1) is 0 Å². The minimum absolute atomic E-state index is 0.384. The van der Waals surface area contributed by atoms with Crippen molar-refractivity contribution < 1.29 is 4.39 Å². The summed E-state index contributed by atoms with van der Waals surface area (Å²) in [6.45, 7) is 1.92. The van der Waals surface area contributed by atoms with Crippen molar-refractivity contribution in [3.63, 3.8) is 0 Å². The second-order valence-corrected chi connectivity index (χ2v) is 1.73. The van der Waals surface area contributed by atoms with Crippen LogP contribution >= 0.6 is 0 Å². The topological polar surface area (TPSA) is 0 Å². The van der Waals surface area contributed by atoms with Gasteiger partial charge in [0.15, 0.2) is 0 Å². The molecule has 1 fully saturated rings. The van der Waals surface area contributed by atoms with Gasteiger partial charge in [-0.15, -0.1) is 0 Å². The van der Waals surface area contributed by atoms with Crippen LogP contribution in [-0.4, -0.2) is 6.17 Å². The molecule has 1 rings (SSSR count). The van der Waals surface area contributed by atoms with Crippen molar-refractivity contribution in [2.45, 2.75) is 19.5 Å². The van der Waals surface area contributed by atoms with Gasteiger partial charge in [-0.2, -0.15) is 0 Å². The summed E-state index contributed by atoms with van der Waals surface area (Å²) in [5.74, 6) is 0.384. The lowest BCUT2D eigenvalue weighted by atomic mass is 10.5. The molecule has 5 heavy (non-hydrogen) atoms. The molecule has 1 heteroatoms. The minimum atomic E-state index is -0.449. The normalized spacial score (nSPS) is 49.2. The highest BCUT2D eigenvalue weighted by Gasteiger charge is 2.31. The standard InChI is InChI=1S/C4H7F/c1-3-2-4(3)5/h3-4H,2H2,1H3/t3-,4?/m1/s1. The zero-order valence-corrected chi connectivity index (χ0v) is 3.24. The van der Waals surface area contributed by atoms with Crippen LogP contribution in [0.15, 0.2) is 0 Å². The summed E-state index contributed by atoms with van der Waals surface area (Å²) < 4.78 is 11.5. The Morgan fingerprint density at radius 3 is 2.00 bits per heavy atom. The molecule has 1 unspecified atom stereocenters. The maximum atomic E-state index is 11.5. The molecule has 0 heterocycles. The fourth-order valence-electron chi connectivity index (χ4n) is 0.277. The summed E-state index contributed by atoms with van der Waals surface area (Å²) in [7, 11) is 0. The van der Waals surface area contributed by atoms with Crippen LogP contribution in [0.1, 0.15) is 13.3 Å². The monoisotopic (exact) mass is 74.1 g/mol. The van der Waals surface area contributed by atoms with Gasteiger partial charge in [-0.25, -0.2) is 4.39 Å². The van der Waals surface area contributed by atoms with Gasteiger partial charge in [-0.1, -0.05) is 6.92 Å². The average Bonchev–Trinajstić information content (AvgIpc) is 1.79. The zero-order valence-electron chi connectivity index (χ0n) is 3.24. The van der Waals surface area contributed by atoms with Crippen molar-refractivity contribution in [3.8, 4) is 0 Å². The predicted molar refractivity (Wildman–Crippen MR) is 18.7 cm³/mol. The highest BCUT2D eigenvalue weighted by atomic mass is 19.1. The van der Waals surface area contributed by atoms with Crippen LogP contribution < -0.4 is 0 Å². The van der Waals surface area contributed by atoms with Crippen LogP contribution in [0.25, 0.3) is 0 Å². The molecular formula is C4H7F. The summed E-state index contributed by atoms with van der Waals surface area (Å²) in [5.41, 5.74) is 0. The third-order valence-corrected chi connectivity index (χ3v) is 1.01.